The number of ether oxygens (including phenoxy) is 1. The van der Waals surface area contributed by atoms with Crippen LogP contribution in [0.3, 0.4) is 0 Å². The van der Waals surface area contributed by atoms with E-state index in [0.717, 1.165) is 60.8 Å². The number of amides is 1. The van der Waals surface area contributed by atoms with Gasteiger partial charge in [0.2, 0.25) is 5.91 Å². The molecule has 12 heteroatoms. The van der Waals surface area contributed by atoms with Crippen molar-refractivity contribution in [1.29, 1.82) is 0 Å². The van der Waals surface area contributed by atoms with E-state index >= 15 is 0 Å². The van der Waals surface area contributed by atoms with Crippen molar-refractivity contribution >= 4 is 62.6 Å². The lowest BCUT2D eigenvalue weighted by Crippen LogP contribution is -2.35. The molecule has 3 rings (SSSR count). The van der Waals surface area contributed by atoms with Gasteiger partial charge in [0.15, 0.2) is 0 Å². The molecule has 1 aromatic carbocycles. The van der Waals surface area contributed by atoms with Crippen LogP contribution in [0.4, 0.5) is 11.4 Å². The third kappa shape index (κ3) is 12.2. The highest BCUT2D eigenvalue weighted by Gasteiger charge is 2.28. The van der Waals surface area contributed by atoms with Gasteiger partial charge in [-0.2, -0.15) is 0 Å². The number of nitrogens with zero attached hydrogens (tertiary/aromatic N) is 4. The monoisotopic (exact) mass is 679 g/mol. The van der Waals surface area contributed by atoms with E-state index in [9.17, 15) is 13.2 Å². The van der Waals surface area contributed by atoms with Crippen LogP contribution in [0.2, 0.25) is 0 Å². The minimum atomic E-state index is -3.87. The third-order valence-electron chi connectivity index (χ3n) is 6.61. The van der Waals surface area contributed by atoms with Crippen molar-refractivity contribution in [1.82, 2.24) is 14.8 Å². The maximum absolute atomic E-state index is 13.6. The third-order valence-corrected chi connectivity index (χ3v) is 10.8. The van der Waals surface area contributed by atoms with Gasteiger partial charge in [-0.1, -0.05) is 71.2 Å². The highest BCUT2D eigenvalue weighted by atomic mass is 32.3. The second-order valence-corrected chi connectivity index (χ2v) is 13.6. The van der Waals surface area contributed by atoms with Crippen molar-refractivity contribution in [2.75, 3.05) is 56.0 Å². The minimum Gasteiger partial charge on any atom is -0.397 e. The largest absolute Gasteiger partial charge is 0.397 e. The molecule has 0 spiro atoms. The standard InChI is InChI=1S/C29H41N5O4S3.2C2H6/c1-5-27(35)33-16-10-15-32(17-18-33)22-24-21-31-26(40-24)14-13-23-11-9-12-25(29(23)30)34(19-20-38-7-3)41(36,37)28(6-2)39-8-4;2*1-2/h6,8-9,11-14,21H,4-5,7,10,15-20,22,30H2,1-3H3;2*1-2H3/b14-13+,28-6+;;. The van der Waals surface area contributed by atoms with E-state index in [1.165, 1.54) is 9.71 Å². The molecule has 0 saturated carbocycles. The molecule has 45 heavy (non-hydrogen) atoms. The summed E-state index contributed by atoms with van der Waals surface area (Å²) in [6, 6.07) is 5.36. The molecule has 1 aromatic heterocycles. The zero-order valence-electron chi connectivity index (χ0n) is 28.1. The Balaban J connectivity index is 0.00000243. The van der Waals surface area contributed by atoms with Crippen LogP contribution in [0.15, 0.2) is 46.7 Å². The van der Waals surface area contributed by atoms with Crippen molar-refractivity contribution in [3.05, 3.63) is 62.1 Å². The first-order valence-corrected chi connectivity index (χ1v) is 18.9. The van der Waals surface area contributed by atoms with E-state index < -0.39 is 10.0 Å². The van der Waals surface area contributed by atoms with Gasteiger partial charge in [0.1, 0.15) is 9.24 Å². The molecule has 252 valence electrons. The van der Waals surface area contributed by atoms with Gasteiger partial charge < -0.3 is 15.4 Å². The number of benzene rings is 1. The Labute approximate surface area is 280 Å². The Hall–Kier alpha value is -2.64. The SMILES string of the molecule is C=CS/C(=C\C)S(=O)(=O)N(CCOCC)c1cccc(/C=C/c2ncc(CN3CCCN(C(=O)CC)CC3)s2)c1N.CC.CC. The molecule has 0 radical (unpaired) electrons. The number of allylic oxidation sites excluding steroid dienone is 1. The lowest BCUT2D eigenvalue weighted by molar-refractivity contribution is -0.130. The number of anilines is 2. The van der Waals surface area contributed by atoms with Crippen LogP contribution >= 0.6 is 23.1 Å². The van der Waals surface area contributed by atoms with Crippen LogP contribution in [-0.2, 0) is 26.1 Å². The highest BCUT2D eigenvalue weighted by Crippen LogP contribution is 2.35. The summed E-state index contributed by atoms with van der Waals surface area (Å²) in [6.07, 6.45) is 8.72. The summed E-state index contributed by atoms with van der Waals surface area (Å²) in [6.45, 7) is 22.1. The number of thioether (sulfide) groups is 1. The van der Waals surface area contributed by atoms with Gasteiger partial charge in [0.25, 0.3) is 10.0 Å². The first kappa shape index (κ1) is 40.4. The number of carbonyl (C=O) groups is 1. The van der Waals surface area contributed by atoms with Crippen molar-refractivity contribution in [3.8, 4) is 0 Å². The number of carbonyl (C=O) groups excluding carboxylic acids is 1. The fraction of sp³-hybridized carbons (Fsp3) is 0.515. The minimum absolute atomic E-state index is 0.124. The van der Waals surface area contributed by atoms with Crippen LogP contribution in [0.25, 0.3) is 12.2 Å². The number of hydrogen-bond donors (Lipinski definition) is 1. The van der Waals surface area contributed by atoms with Gasteiger partial charge in [-0.25, -0.2) is 13.4 Å². The Morgan fingerprint density at radius 3 is 2.53 bits per heavy atom. The molecule has 2 heterocycles. The Morgan fingerprint density at radius 2 is 1.89 bits per heavy atom. The number of rotatable bonds is 14. The summed E-state index contributed by atoms with van der Waals surface area (Å²) in [5, 5.41) is 2.33. The fourth-order valence-corrected chi connectivity index (χ4v) is 7.89. The zero-order chi connectivity index (χ0) is 33.8. The molecule has 0 atom stereocenters. The molecule has 2 aromatic rings. The van der Waals surface area contributed by atoms with Crippen LogP contribution in [0.5, 0.6) is 0 Å². The summed E-state index contributed by atoms with van der Waals surface area (Å²) in [5.74, 6) is 0.216. The fourth-order valence-electron chi connectivity index (χ4n) is 4.52. The van der Waals surface area contributed by atoms with E-state index in [2.05, 4.69) is 16.5 Å². The van der Waals surface area contributed by atoms with E-state index in [1.54, 1.807) is 36.5 Å². The van der Waals surface area contributed by atoms with E-state index in [1.807, 2.05) is 70.9 Å². The van der Waals surface area contributed by atoms with Gasteiger partial charge in [-0.15, -0.1) is 11.3 Å². The molecular formula is C33H53N5O4S3. The lowest BCUT2D eigenvalue weighted by Gasteiger charge is -2.27. The second-order valence-electron chi connectivity index (χ2n) is 9.31. The lowest BCUT2D eigenvalue weighted by atomic mass is 10.1. The summed E-state index contributed by atoms with van der Waals surface area (Å²) in [7, 11) is -3.87. The predicted octanol–water partition coefficient (Wildman–Crippen LogP) is 7.30. The van der Waals surface area contributed by atoms with Gasteiger partial charge in [-0.05, 0) is 49.5 Å². The zero-order valence-corrected chi connectivity index (χ0v) is 30.6. The van der Waals surface area contributed by atoms with Crippen LogP contribution in [0.1, 0.15) is 76.8 Å². The van der Waals surface area contributed by atoms with Crippen molar-refractivity contribution in [2.24, 2.45) is 0 Å². The molecule has 9 nitrogen and oxygen atoms in total. The quantitative estimate of drug-likeness (QED) is 0.164. The summed E-state index contributed by atoms with van der Waals surface area (Å²) in [5.41, 5.74) is 8.00. The normalized spacial score (nSPS) is 14.2. The Kier molecular flexibility index (Phi) is 19.7. The van der Waals surface area contributed by atoms with E-state index in [-0.39, 0.29) is 23.3 Å². The van der Waals surface area contributed by atoms with Gasteiger partial charge in [-0.3, -0.25) is 14.0 Å². The summed E-state index contributed by atoms with van der Waals surface area (Å²) in [4.78, 5) is 22.1. The summed E-state index contributed by atoms with van der Waals surface area (Å²) >= 11 is 2.66. The summed E-state index contributed by atoms with van der Waals surface area (Å²) < 4.78 is 34.1. The molecule has 2 N–H and O–H groups in total. The molecule has 1 aliphatic rings. The number of thiazole rings is 1. The molecular weight excluding hydrogens is 627 g/mol. The average molecular weight is 680 g/mol. The van der Waals surface area contributed by atoms with Crippen molar-refractivity contribution in [3.63, 3.8) is 0 Å². The van der Waals surface area contributed by atoms with Crippen LogP contribution < -0.4 is 10.0 Å². The molecule has 0 unspecified atom stereocenters. The number of aromatic nitrogens is 1. The van der Waals surface area contributed by atoms with Crippen LogP contribution in [0, 0.1) is 0 Å². The molecule has 0 aliphatic carbocycles. The smallest absolute Gasteiger partial charge is 0.270 e. The average Bonchev–Trinajstić information content (AvgIpc) is 3.38. The van der Waals surface area contributed by atoms with Crippen LogP contribution in [-0.4, -0.2) is 75.0 Å². The van der Waals surface area contributed by atoms with Crippen molar-refractivity contribution < 1.29 is 17.9 Å². The number of nitrogens with two attached hydrogens (primary N) is 1. The molecule has 0 bridgehead atoms. The first-order valence-electron chi connectivity index (χ1n) is 15.8. The van der Waals surface area contributed by atoms with Gasteiger partial charge in [0, 0.05) is 56.8 Å². The number of nitrogen functional groups attached to an aromatic ring is 1. The molecule has 1 aliphatic heterocycles. The highest BCUT2D eigenvalue weighted by molar-refractivity contribution is 8.20. The predicted molar refractivity (Wildman–Crippen MR) is 196 cm³/mol. The Bertz CT molecular complexity index is 1340. The maximum atomic E-state index is 13.6. The van der Waals surface area contributed by atoms with E-state index in [4.69, 9.17) is 10.5 Å². The molecule has 1 fully saturated rings. The van der Waals surface area contributed by atoms with Gasteiger partial charge >= 0.3 is 0 Å². The number of para-hydroxylation sites is 1. The van der Waals surface area contributed by atoms with Crippen molar-refractivity contribution in [2.45, 2.75) is 67.9 Å². The molecule has 1 amide bonds. The molecule has 1 saturated heterocycles. The Morgan fingerprint density at radius 1 is 1.16 bits per heavy atom. The number of hydrogen-bond acceptors (Lipinski definition) is 9. The first-order chi connectivity index (χ1) is 21.7. The second kappa shape index (κ2) is 22.0. The maximum Gasteiger partial charge on any atom is 0.270 e. The topological polar surface area (TPSA) is 109 Å². The number of sulfonamides is 1. The van der Waals surface area contributed by atoms with Gasteiger partial charge in [0.05, 0.1) is 24.5 Å². The van der Waals surface area contributed by atoms with E-state index in [0.29, 0.717) is 30.0 Å².